The summed E-state index contributed by atoms with van der Waals surface area (Å²) in [5, 5.41) is -0.229. The van der Waals surface area contributed by atoms with Crippen LogP contribution in [0.15, 0.2) is 30.3 Å². The van der Waals surface area contributed by atoms with Crippen molar-refractivity contribution in [3.05, 3.63) is 30.3 Å². The van der Waals surface area contributed by atoms with Crippen molar-refractivity contribution in [3.8, 4) is 0 Å². The van der Waals surface area contributed by atoms with E-state index in [0.29, 0.717) is 0 Å². The standard InChI is InChI=1S/C7H7F3N2.ClH/c8-7(9,10)12(11)6-4-2-1-3-5-6;/h1-5H,11H2;1H. The van der Waals surface area contributed by atoms with E-state index < -0.39 is 6.30 Å². The van der Waals surface area contributed by atoms with Gasteiger partial charge in [-0.15, -0.1) is 25.6 Å². The molecular formula is C7H8ClF3N2. The van der Waals surface area contributed by atoms with Crippen LogP contribution >= 0.6 is 12.4 Å². The van der Waals surface area contributed by atoms with E-state index in [0.717, 1.165) is 0 Å². The quantitative estimate of drug-likeness (QED) is 0.440. The number of para-hydroxylation sites is 1. The van der Waals surface area contributed by atoms with Gasteiger partial charge in [0.15, 0.2) is 0 Å². The van der Waals surface area contributed by atoms with Crippen molar-refractivity contribution >= 4 is 18.1 Å². The number of rotatable bonds is 1. The molecule has 74 valence electrons. The van der Waals surface area contributed by atoms with Crippen molar-refractivity contribution < 1.29 is 13.2 Å². The van der Waals surface area contributed by atoms with Gasteiger partial charge in [-0.3, -0.25) is 0 Å². The molecule has 13 heavy (non-hydrogen) atoms. The summed E-state index contributed by atoms with van der Waals surface area (Å²) in [6.45, 7) is 0. The molecule has 2 N–H and O–H groups in total. The third-order valence-corrected chi connectivity index (χ3v) is 1.31. The van der Waals surface area contributed by atoms with Crippen LogP contribution in [-0.2, 0) is 0 Å². The minimum Gasteiger partial charge on any atom is -0.240 e. The first-order valence-electron chi connectivity index (χ1n) is 3.18. The number of alkyl halides is 3. The van der Waals surface area contributed by atoms with Gasteiger partial charge < -0.3 is 0 Å². The Balaban J connectivity index is 0.00000144. The van der Waals surface area contributed by atoms with E-state index in [2.05, 4.69) is 0 Å². The fourth-order valence-electron chi connectivity index (χ4n) is 0.735. The maximum Gasteiger partial charge on any atom is 0.498 e. The van der Waals surface area contributed by atoms with Gasteiger partial charge in [0.05, 0.1) is 5.69 Å². The number of nitrogens with two attached hydrogens (primary N) is 1. The van der Waals surface area contributed by atoms with E-state index in [9.17, 15) is 13.2 Å². The summed E-state index contributed by atoms with van der Waals surface area (Å²) in [6, 6.07) is 7.16. The molecule has 0 fully saturated rings. The highest BCUT2D eigenvalue weighted by Crippen LogP contribution is 2.23. The van der Waals surface area contributed by atoms with Crippen LogP contribution in [0.3, 0.4) is 0 Å². The van der Waals surface area contributed by atoms with Crippen LogP contribution in [-0.4, -0.2) is 6.30 Å². The Hall–Kier alpha value is -0.940. The molecule has 0 amide bonds. The number of halogens is 4. The average Bonchev–Trinajstić information content (AvgIpc) is 2.03. The number of hydrazine groups is 1. The summed E-state index contributed by atoms with van der Waals surface area (Å²) < 4.78 is 35.8. The maximum absolute atomic E-state index is 11.9. The van der Waals surface area contributed by atoms with Gasteiger partial charge in [-0.1, -0.05) is 18.2 Å². The van der Waals surface area contributed by atoms with Crippen LogP contribution < -0.4 is 10.9 Å². The third-order valence-electron chi connectivity index (χ3n) is 1.31. The summed E-state index contributed by atoms with van der Waals surface area (Å²) in [4.78, 5) is 0. The number of hydrogen-bond donors (Lipinski definition) is 1. The molecule has 0 aliphatic carbocycles. The van der Waals surface area contributed by atoms with Gasteiger partial charge >= 0.3 is 6.30 Å². The molecule has 0 atom stereocenters. The summed E-state index contributed by atoms with van der Waals surface area (Å²) >= 11 is 0. The Morgan fingerprint density at radius 2 is 1.54 bits per heavy atom. The van der Waals surface area contributed by atoms with E-state index in [1.807, 2.05) is 0 Å². The van der Waals surface area contributed by atoms with Crippen LogP contribution in [0.25, 0.3) is 0 Å². The molecule has 0 aliphatic rings. The largest absolute Gasteiger partial charge is 0.498 e. The number of hydrogen-bond acceptors (Lipinski definition) is 2. The molecule has 0 saturated carbocycles. The Kier molecular flexibility index (Phi) is 4.03. The fraction of sp³-hybridized carbons (Fsp3) is 0.143. The van der Waals surface area contributed by atoms with Gasteiger partial charge in [0.1, 0.15) is 0 Å². The molecule has 2 nitrogen and oxygen atoms in total. The Morgan fingerprint density at radius 1 is 1.08 bits per heavy atom. The zero-order valence-corrected chi connectivity index (χ0v) is 7.27. The van der Waals surface area contributed by atoms with Crippen molar-refractivity contribution in [2.45, 2.75) is 6.30 Å². The number of benzene rings is 1. The highest BCUT2D eigenvalue weighted by molar-refractivity contribution is 5.85. The van der Waals surface area contributed by atoms with E-state index >= 15 is 0 Å². The average molecular weight is 213 g/mol. The summed E-state index contributed by atoms with van der Waals surface area (Å²) in [7, 11) is 0. The van der Waals surface area contributed by atoms with Crippen molar-refractivity contribution in [1.29, 1.82) is 0 Å². The molecule has 1 aromatic rings. The van der Waals surface area contributed by atoms with Crippen molar-refractivity contribution in [1.82, 2.24) is 0 Å². The van der Waals surface area contributed by atoms with Crippen LogP contribution in [0.2, 0.25) is 0 Å². The Morgan fingerprint density at radius 3 is 1.92 bits per heavy atom. The number of anilines is 1. The zero-order chi connectivity index (χ0) is 9.19. The van der Waals surface area contributed by atoms with Crippen LogP contribution in [0, 0.1) is 0 Å². The molecule has 0 radical (unpaired) electrons. The molecule has 0 aromatic heterocycles. The van der Waals surface area contributed by atoms with Crippen LogP contribution in [0.1, 0.15) is 0 Å². The predicted molar refractivity (Wildman–Crippen MR) is 46.4 cm³/mol. The summed E-state index contributed by atoms with van der Waals surface area (Å²) in [5.74, 6) is 4.78. The molecule has 0 unspecified atom stereocenters. The van der Waals surface area contributed by atoms with E-state index in [1.165, 1.54) is 24.3 Å². The van der Waals surface area contributed by atoms with E-state index in [-0.39, 0.29) is 23.1 Å². The minimum atomic E-state index is -4.53. The van der Waals surface area contributed by atoms with Gasteiger partial charge in [0.2, 0.25) is 0 Å². The summed E-state index contributed by atoms with van der Waals surface area (Å²) in [6.07, 6.45) is -4.53. The van der Waals surface area contributed by atoms with Gasteiger partial charge in [-0.05, 0) is 12.1 Å². The first-order chi connectivity index (χ1) is 5.52. The normalized spacial score (nSPS) is 10.5. The second-order valence-electron chi connectivity index (χ2n) is 2.17. The second kappa shape index (κ2) is 4.34. The van der Waals surface area contributed by atoms with Crippen molar-refractivity contribution in [3.63, 3.8) is 0 Å². The predicted octanol–water partition coefficient (Wildman–Crippen LogP) is 2.31. The van der Waals surface area contributed by atoms with Crippen LogP contribution in [0.4, 0.5) is 18.9 Å². The molecule has 0 spiro atoms. The zero-order valence-electron chi connectivity index (χ0n) is 6.45. The lowest BCUT2D eigenvalue weighted by molar-refractivity contribution is -0.129. The Labute approximate surface area is 79.5 Å². The smallest absolute Gasteiger partial charge is 0.240 e. The molecule has 0 saturated heterocycles. The molecule has 0 heterocycles. The monoisotopic (exact) mass is 212 g/mol. The van der Waals surface area contributed by atoms with Crippen molar-refractivity contribution in [2.24, 2.45) is 5.84 Å². The fourth-order valence-corrected chi connectivity index (χ4v) is 0.735. The minimum absolute atomic E-state index is 0. The van der Waals surface area contributed by atoms with Crippen molar-refractivity contribution in [2.75, 3.05) is 5.01 Å². The van der Waals surface area contributed by atoms with Gasteiger partial charge in [0.25, 0.3) is 0 Å². The third kappa shape index (κ3) is 3.12. The van der Waals surface area contributed by atoms with Gasteiger partial charge in [-0.25, -0.2) is 10.9 Å². The lowest BCUT2D eigenvalue weighted by Gasteiger charge is -2.20. The first kappa shape index (κ1) is 12.1. The maximum atomic E-state index is 11.9. The van der Waals surface area contributed by atoms with Crippen LogP contribution in [0.5, 0.6) is 0 Å². The lowest BCUT2D eigenvalue weighted by atomic mass is 10.3. The van der Waals surface area contributed by atoms with Gasteiger partial charge in [0, 0.05) is 0 Å². The molecule has 0 aliphatic heterocycles. The first-order valence-corrected chi connectivity index (χ1v) is 3.18. The highest BCUT2D eigenvalue weighted by atomic mass is 35.5. The SMILES string of the molecule is Cl.NN(c1ccccc1)C(F)(F)F. The van der Waals surface area contributed by atoms with E-state index in [4.69, 9.17) is 5.84 Å². The van der Waals surface area contributed by atoms with Gasteiger partial charge in [-0.2, -0.15) is 0 Å². The summed E-state index contributed by atoms with van der Waals surface area (Å²) in [5.41, 5.74) is -0.0787. The number of nitrogens with zero attached hydrogens (tertiary/aromatic N) is 1. The highest BCUT2D eigenvalue weighted by Gasteiger charge is 2.35. The molecule has 1 rings (SSSR count). The molecule has 1 aromatic carbocycles. The Bertz CT molecular complexity index is 250. The van der Waals surface area contributed by atoms with E-state index in [1.54, 1.807) is 6.07 Å². The molecule has 6 heteroatoms. The topological polar surface area (TPSA) is 29.3 Å². The molecular weight excluding hydrogens is 205 g/mol. The molecule has 0 bridgehead atoms. The second-order valence-corrected chi connectivity index (χ2v) is 2.17. The lowest BCUT2D eigenvalue weighted by Crippen LogP contribution is -2.43.